The van der Waals surface area contributed by atoms with E-state index in [1.54, 1.807) is 0 Å². The molecule has 0 aliphatic carbocycles. The van der Waals surface area contributed by atoms with Crippen LogP contribution in [0.1, 0.15) is 5.56 Å². The lowest BCUT2D eigenvalue weighted by atomic mass is 10.1. The molecule has 86 valence electrons. The molecule has 2 rings (SSSR count). The van der Waals surface area contributed by atoms with Crippen LogP contribution in [0.4, 0.5) is 5.69 Å². The van der Waals surface area contributed by atoms with Crippen LogP contribution in [0.15, 0.2) is 59.1 Å². The van der Waals surface area contributed by atoms with E-state index in [-0.39, 0.29) is 5.91 Å². The molecule has 17 heavy (non-hydrogen) atoms. The summed E-state index contributed by atoms with van der Waals surface area (Å²) in [5.41, 5.74) is 1.81. The molecule has 0 aliphatic heterocycles. The van der Waals surface area contributed by atoms with E-state index in [0.29, 0.717) is 6.42 Å². The van der Waals surface area contributed by atoms with Gasteiger partial charge in [-0.3, -0.25) is 4.79 Å². The van der Waals surface area contributed by atoms with E-state index >= 15 is 0 Å². The average molecular weight is 290 g/mol. The fourth-order valence-electron chi connectivity index (χ4n) is 1.54. The molecule has 2 nitrogen and oxygen atoms in total. The second kappa shape index (κ2) is 5.64. The number of carbonyl (C=O) groups excluding carboxylic acids is 1. The van der Waals surface area contributed by atoms with Gasteiger partial charge in [-0.1, -0.05) is 42.5 Å². The number of carbonyl (C=O) groups is 1. The lowest BCUT2D eigenvalue weighted by Crippen LogP contribution is -2.14. The summed E-state index contributed by atoms with van der Waals surface area (Å²) in [6.07, 6.45) is 0.391. The monoisotopic (exact) mass is 289 g/mol. The minimum Gasteiger partial charge on any atom is -0.325 e. The number of rotatable bonds is 3. The quantitative estimate of drug-likeness (QED) is 0.919. The minimum absolute atomic E-state index is 0.0110. The van der Waals surface area contributed by atoms with Crippen LogP contribution in [0.2, 0.25) is 0 Å². The smallest absolute Gasteiger partial charge is 0.228 e. The first-order valence-corrected chi connectivity index (χ1v) is 6.13. The normalized spacial score (nSPS) is 9.94. The Bertz CT molecular complexity index is 511. The Kier molecular flexibility index (Phi) is 3.94. The van der Waals surface area contributed by atoms with Gasteiger partial charge in [0.2, 0.25) is 5.91 Å². The summed E-state index contributed by atoms with van der Waals surface area (Å²) < 4.78 is 0.890. The second-order valence-corrected chi connectivity index (χ2v) is 4.54. The van der Waals surface area contributed by atoms with Crippen LogP contribution in [0, 0.1) is 0 Å². The molecule has 0 aromatic heterocycles. The lowest BCUT2D eigenvalue weighted by Gasteiger charge is -2.06. The number of hydrogen-bond acceptors (Lipinski definition) is 1. The number of para-hydroxylation sites is 1. The highest BCUT2D eigenvalue weighted by Gasteiger charge is 2.05. The highest BCUT2D eigenvalue weighted by atomic mass is 79.9. The molecule has 0 saturated carbocycles. The summed E-state index contributed by atoms with van der Waals surface area (Å²) >= 11 is 3.40. The Labute approximate surface area is 109 Å². The number of halogens is 1. The molecule has 0 unspecified atom stereocenters. The maximum Gasteiger partial charge on any atom is 0.228 e. The van der Waals surface area contributed by atoms with Gasteiger partial charge in [0, 0.05) is 4.47 Å². The summed E-state index contributed by atoms with van der Waals surface area (Å²) in [4.78, 5) is 11.8. The van der Waals surface area contributed by atoms with Crippen LogP contribution in [0.25, 0.3) is 0 Å². The topological polar surface area (TPSA) is 29.1 Å². The van der Waals surface area contributed by atoms with Crippen LogP contribution < -0.4 is 5.32 Å². The molecule has 0 fully saturated rings. The summed E-state index contributed by atoms with van der Waals surface area (Å²) in [6.45, 7) is 0. The van der Waals surface area contributed by atoms with Crippen LogP contribution in [-0.2, 0) is 11.2 Å². The predicted octanol–water partition coefficient (Wildman–Crippen LogP) is 3.63. The molecular formula is C14H12BrNO. The number of nitrogens with one attached hydrogen (secondary N) is 1. The first-order valence-electron chi connectivity index (χ1n) is 5.34. The van der Waals surface area contributed by atoms with Crippen LogP contribution in [0.3, 0.4) is 0 Å². The molecule has 0 bridgehead atoms. The van der Waals surface area contributed by atoms with Gasteiger partial charge in [0.05, 0.1) is 12.1 Å². The molecule has 0 aliphatic rings. The fraction of sp³-hybridized carbons (Fsp3) is 0.0714. The molecule has 0 spiro atoms. The van der Waals surface area contributed by atoms with Crippen molar-refractivity contribution < 1.29 is 4.79 Å². The first-order chi connectivity index (χ1) is 8.25. The van der Waals surface area contributed by atoms with Crippen molar-refractivity contribution in [1.82, 2.24) is 0 Å². The molecule has 0 atom stereocenters. The van der Waals surface area contributed by atoms with Crippen molar-refractivity contribution >= 4 is 27.5 Å². The van der Waals surface area contributed by atoms with Gasteiger partial charge in [-0.15, -0.1) is 0 Å². The SMILES string of the molecule is O=C(Cc1ccccc1)Nc1ccccc1Br. The van der Waals surface area contributed by atoms with Crippen molar-refractivity contribution in [1.29, 1.82) is 0 Å². The highest BCUT2D eigenvalue weighted by Crippen LogP contribution is 2.21. The maximum atomic E-state index is 11.8. The summed E-state index contributed by atoms with van der Waals surface area (Å²) in [6, 6.07) is 17.3. The van der Waals surface area contributed by atoms with Crippen molar-refractivity contribution in [3.63, 3.8) is 0 Å². The van der Waals surface area contributed by atoms with Crippen LogP contribution in [0.5, 0.6) is 0 Å². The zero-order valence-corrected chi connectivity index (χ0v) is 10.8. The number of amides is 1. The molecule has 1 N–H and O–H groups in total. The zero-order valence-electron chi connectivity index (χ0n) is 9.19. The largest absolute Gasteiger partial charge is 0.325 e. The van der Waals surface area contributed by atoms with Crippen molar-refractivity contribution in [2.45, 2.75) is 6.42 Å². The van der Waals surface area contributed by atoms with Crippen LogP contribution in [-0.4, -0.2) is 5.91 Å². The zero-order chi connectivity index (χ0) is 12.1. The van der Waals surface area contributed by atoms with E-state index in [9.17, 15) is 4.79 Å². The van der Waals surface area contributed by atoms with Crippen molar-refractivity contribution in [3.8, 4) is 0 Å². The molecule has 0 radical (unpaired) electrons. The maximum absolute atomic E-state index is 11.8. The lowest BCUT2D eigenvalue weighted by molar-refractivity contribution is -0.115. The molecule has 0 saturated heterocycles. The van der Waals surface area contributed by atoms with E-state index in [1.807, 2.05) is 54.6 Å². The fourth-order valence-corrected chi connectivity index (χ4v) is 1.92. The van der Waals surface area contributed by atoms with E-state index < -0.39 is 0 Å². The van der Waals surface area contributed by atoms with Gasteiger partial charge in [-0.05, 0) is 33.6 Å². The standard InChI is InChI=1S/C14H12BrNO/c15-12-8-4-5-9-13(12)16-14(17)10-11-6-2-1-3-7-11/h1-9H,10H2,(H,16,17). The Balaban J connectivity index is 2.01. The molecule has 2 aromatic rings. The van der Waals surface area contributed by atoms with E-state index in [1.165, 1.54) is 0 Å². The van der Waals surface area contributed by atoms with Gasteiger partial charge in [0.1, 0.15) is 0 Å². The van der Waals surface area contributed by atoms with E-state index in [0.717, 1.165) is 15.7 Å². The van der Waals surface area contributed by atoms with E-state index in [2.05, 4.69) is 21.2 Å². The third kappa shape index (κ3) is 3.43. The van der Waals surface area contributed by atoms with Gasteiger partial charge < -0.3 is 5.32 Å². The van der Waals surface area contributed by atoms with Gasteiger partial charge >= 0.3 is 0 Å². The average Bonchev–Trinajstić information content (AvgIpc) is 2.33. The Hall–Kier alpha value is -1.61. The van der Waals surface area contributed by atoms with Crippen molar-refractivity contribution in [2.75, 3.05) is 5.32 Å². The van der Waals surface area contributed by atoms with Gasteiger partial charge in [-0.25, -0.2) is 0 Å². The molecular weight excluding hydrogens is 278 g/mol. The van der Waals surface area contributed by atoms with Gasteiger partial charge in [0.15, 0.2) is 0 Å². The van der Waals surface area contributed by atoms with Crippen LogP contribution >= 0.6 is 15.9 Å². The van der Waals surface area contributed by atoms with Crippen molar-refractivity contribution in [3.05, 3.63) is 64.6 Å². The third-order valence-corrected chi connectivity index (χ3v) is 3.05. The molecule has 1 amide bonds. The predicted molar refractivity (Wildman–Crippen MR) is 72.9 cm³/mol. The molecule has 2 aromatic carbocycles. The summed E-state index contributed by atoms with van der Waals surface area (Å²) in [7, 11) is 0. The number of anilines is 1. The van der Waals surface area contributed by atoms with Gasteiger partial charge in [0.25, 0.3) is 0 Å². The summed E-state index contributed by atoms with van der Waals surface area (Å²) in [5.74, 6) is -0.0110. The molecule has 0 heterocycles. The number of benzene rings is 2. The first kappa shape index (κ1) is 11.9. The highest BCUT2D eigenvalue weighted by molar-refractivity contribution is 9.10. The second-order valence-electron chi connectivity index (χ2n) is 3.69. The summed E-state index contributed by atoms with van der Waals surface area (Å²) in [5, 5.41) is 2.87. The number of hydrogen-bond donors (Lipinski definition) is 1. The Morgan fingerprint density at radius 3 is 2.35 bits per heavy atom. The Morgan fingerprint density at radius 2 is 1.65 bits per heavy atom. The van der Waals surface area contributed by atoms with Crippen molar-refractivity contribution in [2.24, 2.45) is 0 Å². The van der Waals surface area contributed by atoms with Gasteiger partial charge in [-0.2, -0.15) is 0 Å². The third-order valence-electron chi connectivity index (χ3n) is 2.36. The van der Waals surface area contributed by atoms with E-state index in [4.69, 9.17) is 0 Å². The molecule has 3 heteroatoms. The minimum atomic E-state index is -0.0110. The Morgan fingerprint density at radius 1 is 1.00 bits per heavy atom.